The molecule has 4 aromatic rings. The van der Waals surface area contributed by atoms with Crippen molar-refractivity contribution >= 4 is 21.7 Å². The van der Waals surface area contributed by atoms with Gasteiger partial charge in [0, 0.05) is 35.1 Å². The fraction of sp³-hybridized carbons (Fsp3) is 0.105. The molecule has 3 heteroatoms. The van der Waals surface area contributed by atoms with Crippen LogP contribution in [-0.2, 0) is 6.42 Å². The van der Waals surface area contributed by atoms with E-state index < -0.39 is 0 Å². The smallest absolute Gasteiger partial charge is 0.119 e. The normalized spacial score (nSPS) is 11.1. The number of benzene rings is 2. The molecule has 0 amide bonds. The van der Waals surface area contributed by atoms with Gasteiger partial charge in [0.15, 0.2) is 0 Å². The number of rotatable bonds is 3. The second-order valence-electron chi connectivity index (χ2n) is 5.38. The Morgan fingerprint density at radius 3 is 2.86 bits per heavy atom. The third kappa shape index (κ3) is 2.11. The number of hydrogen-bond acceptors (Lipinski definition) is 2. The summed E-state index contributed by atoms with van der Waals surface area (Å²) in [4.78, 5) is 7.92. The minimum atomic E-state index is 0.800. The van der Waals surface area contributed by atoms with E-state index in [1.807, 2.05) is 24.4 Å². The van der Waals surface area contributed by atoms with Gasteiger partial charge in [-0.1, -0.05) is 24.3 Å². The minimum Gasteiger partial charge on any atom is -0.497 e. The monoisotopic (exact) mass is 288 g/mol. The summed E-state index contributed by atoms with van der Waals surface area (Å²) in [6.45, 7) is 0. The Morgan fingerprint density at radius 1 is 1.05 bits per heavy atom. The third-order valence-corrected chi connectivity index (χ3v) is 4.09. The van der Waals surface area contributed by atoms with Crippen molar-refractivity contribution in [2.75, 3.05) is 7.11 Å². The number of aromatic amines is 1. The lowest BCUT2D eigenvalue weighted by atomic mass is 10.0. The van der Waals surface area contributed by atoms with Crippen LogP contribution >= 0.6 is 0 Å². The highest BCUT2D eigenvalue weighted by Crippen LogP contribution is 2.26. The Kier molecular flexibility index (Phi) is 3.04. The van der Waals surface area contributed by atoms with E-state index in [1.54, 1.807) is 7.11 Å². The number of methoxy groups -OCH3 is 1. The summed E-state index contributed by atoms with van der Waals surface area (Å²) in [5.74, 6) is 0.862. The Morgan fingerprint density at radius 2 is 1.95 bits per heavy atom. The van der Waals surface area contributed by atoms with Crippen LogP contribution in [0, 0.1) is 0 Å². The van der Waals surface area contributed by atoms with Crippen molar-refractivity contribution in [2.24, 2.45) is 0 Å². The van der Waals surface area contributed by atoms with Crippen molar-refractivity contribution in [3.05, 3.63) is 72.2 Å². The molecule has 0 fully saturated rings. The second-order valence-corrected chi connectivity index (χ2v) is 5.38. The number of aromatic nitrogens is 2. The molecule has 2 aromatic carbocycles. The van der Waals surface area contributed by atoms with E-state index in [4.69, 9.17) is 4.74 Å². The molecule has 0 radical (unpaired) electrons. The van der Waals surface area contributed by atoms with Crippen LogP contribution in [0.25, 0.3) is 21.7 Å². The van der Waals surface area contributed by atoms with Crippen LogP contribution in [0.15, 0.2) is 60.9 Å². The van der Waals surface area contributed by atoms with Gasteiger partial charge >= 0.3 is 0 Å². The van der Waals surface area contributed by atoms with Crippen LogP contribution in [0.5, 0.6) is 5.75 Å². The number of hydrogen-bond donors (Lipinski definition) is 1. The molecule has 0 saturated carbocycles. The summed E-state index contributed by atoms with van der Waals surface area (Å²) in [6, 6.07) is 16.5. The number of nitrogens with zero attached hydrogens (tertiary/aromatic N) is 1. The standard InChI is InChI=1S/C19H16N2O/c1-22-15-7-6-13-8-9-20-19(17(13)11-15)10-14-12-21-18-5-3-2-4-16(14)18/h2-9,11-12,21H,10H2,1H3. The van der Waals surface area contributed by atoms with E-state index in [2.05, 4.69) is 46.5 Å². The van der Waals surface area contributed by atoms with Gasteiger partial charge in [-0.15, -0.1) is 0 Å². The summed E-state index contributed by atoms with van der Waals surface area (Å²) >= 11 is 0. The van der Waals surface area contributed by atoms with Crippen molar-refractivity contribution in [3.63, 3.8) is 0 Å². The maximum atomic E-state index is 5.35. The van der Waals surface area contributed by atoms with E-state index in [1.165, 1.54) is 16.3 Å². The minimum absolute atomic E-state index is 0.800. The predicted octanol–water partition coefficient (Wildman–Crippen LogP) is 4.32. The summed E-state index contributed by atoms with van der Waals surface area (Å²) in [7, 11) is 1.69. The zero-order valence-electron chi connectivity index (χ0n) is 12.3. The molecular weight excluding hydrogens is 272 g/mol. The molecule has 0 saturated heterocycles. The first-order valence-electron chi connectivity index (χ1n) is 7.32. The first-order chi connectivity index (χ1) is 10.8. The average molecular weight is 288 g/mol. The van der Waals surface area contributed by atoms with Crippen LogP contribution < -0.4 is 4.74 Å². The lowest BCUT2D eigenvalue weighted by Gasteiger charge is -2.07. The van der Waals surface area contributed by atoms with Crippen molar-refractivity contribution in [1.82, 2.24) is 9.97 Å². The number of pyridine rings is 1. The predicted molar refractivity (Wildman–Crippen MR) is 89.4 cm³/mol. The Labute approximate surface area is 128 Å². The zero-order valence-corrected chi connectivity index (χ0v) is 12.3. The van der Waals surface area contributed by atoms with E-state index in [0.29, 0.717) is 0 Å². The van der Waals surface area contributed by atoms with Crippen LogP contribution in [0.4, 0.5) is 0 Å². The molecule has 2 aromatic heterocycles. The van der Waals surface area contributed by atoms with Gasteiger partial charge in [-0.2, -0.15) is 0 Å². The van der Waals surface area contributed by atoms with Gasteiger partial charge in [-0.05, 0) is 35.2 Å². The molecule has 2 heterocycles. The Balaban J connectivity index is 1.84. The van der Waals surface area contributed by atoms with Gasteiger partial charge in [-0.25, -0.2) is 0 Å². The van der Waals surface area contributed by atoms with E-state index in [9.17, 15) is 0 Å². The Hall–Kier alpha value is -2.81. The van der Waals surface area contributed by atoms with E-state index >= 15 is 0 Å². The molecule has 0 aliphatic heterocycles. The lowest BCUT2D eigenvalue weighted by molar-refractivity contribution is 0.415. The van der Waals surface area contributed by atoms with Gasteiger partial charge < -0.3 is 9.72 Å². The molecule has 0 atom stereocenters. The highest BCUT2D eigenvalue weighted by molar-refractivity contribution is 5.88. The number of nitrogens with one attached hydrogen (secondary N) is 1. The van der Waals surface area contributed by atoms with E-state index in [0.717, 1.165) is 28.8 Å². The molecule has 3 nitrogen and oxygen atoms in total. The van der Waals surface area contributed by atoms with Crippen molar-refractivity contribution in [2.45, 2.75) is 6.42 Å². The molecule has 0 spiro atoms. The second kappa shape index (κ2) is 5.19. The topological polar surface area (TPSA) is 37.9 Å². The SMILES string of the molecule is COc1ccc2ccnc(Cc3c[nH]c4ccccc34)c2c1. The van der Waals surface area contributed by atoms with Crippen LogP contribution in [0.3, 0.4) is 0 Å². The van der Waals surface area contributed by atoms with Gasteiger partial charge in [-0.3, -0.25) is 4.98 Å². The molecular formula is C19H16N2O. The molecule has 0 bridgehead atoms. The first kappa shape index (κ1) is 12.9. The fourth-order valence-electron chi connectivity index (χ4n) is 2.93. The summed E-state index contributed by atoms with van der Waals surface area (Å²) in [6.07, 6.45) is 4.75. The third-order valence-electron chi connectivity index (χ3n) is 4.09. The molecule has 0 aliphatic carbocycles. The van der Waals surface area contributed by atoms with Crippen molar-refractivity contribution in [1.29, 1.82) is 0 Å². The molecule has 108 valence electrons. The fourth-order valence-corrected chi connectivity index (χ4v) is 2.93. The Bertz CT molecular complexity index is 956. The lowest BCUT2D eigenvalue weighted by Crippen LogP contribution is -1.94. The maximum Gasteiger partial charge on any atom is 0.119 e. The van der Waals surface area contributed by atoms with Crippen LogP contribution in [0.2, 0.25) is 0 Å². The zero-order chi connectivity index (χ0) is 14.9. The van der Waals surface area contributed by atoms with Crippen molar-refractivity contribution in [3.8, 4) is 5.75 Å². The largest absolute Gasteiger partial charge is 0.497 e. The maximum absolute atomic E-state index is 5.35. The highest BCUT2D eigenvalue weighted by atomic mass is 16.5. The van der Waals surface area contributed by atoms with Crippen molar-refractivity contribution < 1.29 is 4.74 Å². The molecule has 4 rings (SSSR count). The number of ether oxygens (including phenoxy) is 1. The highest BCUT2D eigenvalue weighted by Gasteiger charge is 2.08. The van der Waals surface area contributed by atoms with Gasteiger partial charge in [0.2, 0.25) is 0 Å². The van der Waals surface area contributed by atoms with Gasteiger partial charge in [0.1, 0.15) is 5.75 Å². The van der Waals surface area contributed by atoms with Gasteiger partial charge in [0.05, 0.1) is 12.8 Å². The molecule has 22 heavy (non-hydrogen) atoms. The first-order valence-corrected chi connectivity index (χ1v) is 7.32. The van der Waals surface area contributed by atoms with E-state index in [-0.39, 0.29) is 0 Å². The van der Waals surface area contributed by atoms with Gasteiger partial charge in [0.25, 0.3) is 0 Å². The van der Waals surface area contributed by atoms with Crippen LogP contribution in [-0.4, -0.2) is 17.1 Å². The summed E-state index contributed by atoms with van der Waals surface area (Å²) in [5, 5.41) is 3.59. The summed E-state index contributed by atoms with van der Waals surface area (Å²) < 4.78 is 5.35. The molecule has 1 N–H and O–H groups in total. The van der Waals surface area contributed by atoms with Crippen LogP contribution in [0.1, 0.15) is 11.3 Å². The number of para-hydroxylation sites is 1. The number of fused-ring (bicyclic) bond motifs is 2. The molecule has 0 aliphatic rings. The quantitative estimate of drug-likeness (QED) is 0.610. The molecule has 0 unspecified atom stereocenters. The number of H-pyrrole nitrogens is 1. The average Bonchev–Trinajstić information content (AvgIpc) is 2.98. The summed E-state index contributed by atoms with van der Waals surface area (Å²) in [5.41, 5.74) is 3.50.